The number of hydrogen-bond acceptors (Lipinski definition) is 3. The van der Waals surface area contributed by atoms with Crippen LogP contribution in [0.5, 0.6) is 0 Å². The van der Waals surface area contributed by atoms with Gasteiger partial charge in [-0.05, 0) is 24.1 Å². The Kier molecular flexibility index (Phi) is 3.73. The molecule has 0 spiro atoms. The molecule has 4 nitrogen and oxygen atoms in total. The maximum Gasteiger partial charge on any atom is 0.112 e. The first-order chi connectivity index (χ1) is 9.92. The third-order valence-electron chi connectivity index (χ3n) is 3.16. The van der Waals surface area contributed by atoms with E-state index in [1.54, 1.807) is 6.20 Å². The zero-order valence-electron chi connectivity index (χ0n) is 11.1. The number of nitrogens with one attached hydrogen (secondary N) is 2. The van der Waals surface area contributed by atoms with Crippen LogP contribution in [0.25, 0.3) is 11.3 Å². The zero-order valence-corrected chi connectivity index (χ0v) is 11.1. The number of benzene rings is 2. The normalized spacial score (nSPS) is 10.4. The van der Waals surface area contributed by atoms with E-state index in [2.05, 4.69) is 57.1 Å². The summed E-state index contributed by atoms with van der Waals surface area (Å²) in [5.74, 6) is 0. The van der Waals surface area contributed by atoms with E-state index in [-0.39, 0.29) is 0 Å². The topological polar surface area (TPSA) is 53.6 Å². The summed E-state index contributed by atoms with van der Waals surface area (Å²) in [6.07, 6.45) is 2.73. The Morgan fingerprint density at radius 3 is 2.70 bits per heavy atom. The fraction of sp³-hybridized carbons (Fsp3) is 0.125. The molecule has 1 heterocycles. The third kappa shape index (κ3) is 3.03. The van der Waals surface area contributed by atoms with Crippen molar-refractivity contribution in [2.24, 2.45) is 0 Å². The van der Waals surface area contributed by atoms with Crippen molar-refractivity contribution in [1.29, 1.82) is 0 Å². The van der Waals surface area contributed by atoms with Gasteiger partial charge in [0.05, 0.1) is 6.20 Å². The lowest BCUT2D eigenvalue weighted by atomic mass is 10.1. The average molecular weight is 264 g/mol. The predicted octanol–water partition coefficient (Wildman–Crippen LogP) is 3.13. The van der Waals surface area contributed by atoms with Gasteiger partial charge in [0.15, 0.2) is 0 Å². The molecule has 0 radical (unpaired) electrons. The minimum absolute atomic E-state index is 0.858. The first-order valence-electron chi connectivity index (χ1n) is 6.66. The summed E-state index contributed by atoms with van der Waals surface area (Å²) in [6, 6.07) is 18.7. The number of H-pyrrole nitrogens is 1. The van der Waals surface area contributed by atoms with E-state index in [0.29, 0.717) is 0 Å². The summed E-state index contributed by atoms with van der Waals surface area (Å²) in [7, 11) is 0. The van der Waals surface area contributed by atoms with Gasteiger partial charge in [-0.25, -0.2) is 0 Å². The minimum Gasteiger partial charge on any atom is -0.385 e. The molecule has 0 aliphatic carbocycles. The van der Waals surface area contributed by atoms with E-state index in [1.165, 1.54) is 5.56 Å². The van der Waals surface area contributed by atoms with Gasteiger partial charge in [-0.3, -0.25) is 0 Å². The maximum absolute atomic E-state index is 4.09. The molecule has 0 aliphatic rings. The van der Waals surface area contributed by atoms with Gasteiger partial charge in [-0.15, -0.1) is 0 Å². The summed E-state index contributed by atoms with van der Waals surface area (Å²) >= 11 is 0. The second kappa shape index (κ2) is 6.02. The number of rotatable bonds is 5. The summed E-state index contributed by atoms with van der Waals surface area (Å²) in [5.41, 5.74) is 4.36. The highest BCUT2D eigenvalue weighted by Crippen LogP contribution is 2.19. The van der Waals surface area contributed by atoms with Gasteiger partial charge >= 0.3 is 0 Å². The van der Waals surface area contributed by atoms with Crippen LogP contribution >= 0.6 is 0 Å². The van der Waals surface area contributed by atoms with Crippen LogP contribution in [-0.4, -0.2) is 22.0 Å². The van der Waals surface area contributed by atoms with Crippen LogP contribution in [0.15, 0.2) is 60.8 Å². The van der Waals surface area contributed by atoms with Crippen LogP contribution in [-0.2, 0) is 6.42 Å². The molecule has 20 heavy (non-hydrogen) atoms. The summed E-state index contributed by atoms with van der Waals surface area (Å²) < 4.78 is 0. The molecular formula is C16H16N4. The number of nitrogens with zero attached hydrogens (tertiary/aromatic N) is 2. The lowest BCUT2D eigenvalue weighted by Gasteiger charge is -2.07. The van der Waals surface area contributed by atoms with Crippen LogP contribution in [0.1, 0.15) is 5.56 Å². The van der Waals surface area contributed by atoms with Gasteiger partial charge in [0, 0.05) is 17.8 Å². The fourth-order valence-corrected chi connectivity index (χ4v) is 2.13. The summed E-state index contributed by atoms with van der Waals surface area (Å²) in [4.78, 5) is 0. The van der Waals surface area contributed by atoms with Crippen molar-refractivity contribution in [2.75, 3.05) is 11.9 Å². The van der Waals surface area contributed by atoms with E-state index < -0.39 is 0 Å². The first kappa shape index (κ1) is 12.4. The molecule has 3 rings (SSSR count). The molecule has 100 valence electrons. The van der Waals surface area contributed by atoms with Crippen molar-refractivity contribution in [2.45, 2.75) is 6.42 Å². The van der Waals surface area contributed by atoms with E-state index in [4.69, 9.17) is 0 Å². The molecule has 3 aromatic rings. The standard InChI is InChI=1S/C16H16N4/c1-2-5-13(6-3-1)9-10-17-15-8-4-7-14(11-15)16-12-18-20-19-16/h1-8,11-12,17H,9-10H2,(H,18,19,20). The van der Waals surface area contributed by atoms with Crippen LogP contribution in [0, 0.1) is 0 Å². The number of hydrogen-bond donors (Lipinski definition) is 2. The first-order valence-corrected chi connectivity index (χ1v) is 6.66. The smallest absolute Gasteiger partial charge is 0.112 e. The Morgan fingerprint density at radius 1 is 1.00 bits per heavy atom. The molecule has 0 fully saturated rings. The van der Waals surface area contributed by atoms with Gasteiger partial charge in [0.1, 0.15) is 5.69 Å². The molecule has 0 bridgehead atoms. The van der Waals surface area contributed by atoms with Crippen LogP contribution in [0.2, 0.25) is 0 Å². The Labute approximate surface area is 117 Å². The van der Waals surface area contributed by atoms with E-state index in [9.17, 15) is 0 Å². The monoisotopic (exact) mass is 264 g/mol. The second-order valence-electron chi connectivity index (χ2n) is 4.60. The lowest BCUT2D eigenvalue weighted by molar-refractivity contribution is 0.942. The Bertz CT molecular complexity index is 647. The SMILES string of the molecule is c1ccc(CCNc2cccc(-c3cn[nH]n3)c2)cc1. The van der Waals surface area contributed by atoms with E-state index >= 15 is 0 Å². The molecule has 0 atom stereocenters. The largest absolute Gasteiger partial charge is 0.385 e. The van der Waals surface area contributed by atoms with E-state index in [1.807, 2.05) is 18.2 Å². The maximum atomic E-state index is 4.09. The highest BCUT2D eigenvalue weighted by Gasteiger charge is 2.01. The molecule has 2 N–H and O–H groups in total. The van der Waals surface area contributed by atoms with Crippen LogP contribution in [0.3, 0.4) is 0 Å². The number of anilines is 1. The van der Waals surface area contributed by atoms with Crippen LogP contribution < -0.4 is 5.32 Å². The Balaban J connectivity index is 1.62. The average Bonchev–Trinajstić information content (AvgIpc) is 3.03. The summed E-state index contributed by atoms with van der Waals surface area (Å²) in [6.45, 7) is 0.909. The number of aromatic nitrogens is 3. The molecule has 4 heteroatoms. The third-order valence-corrected chi connectivity index (χ3v) is 3.16. The van der Waals surface area contributed by atoms with Gasteiger partial charge in [-0.1, -0.05) is 42.5 Å². The molecule has 0 unspecified atom stereocenters. The Hall–Kier alpha value is -2.62. The highest BCUT2D eigenvalue weighted by atomic mass is 15.3. The van der Waals surface area contributed by atoms with Crippen molar-refractivity contribution in [1.82, 2.24) is 15.4 Å². The van der Waals surface area contributed by atoms with Gasteiger partial charge in [0.25, 0.3) is 0 Å². The second-order valence-corrected chi connectivity index (χ2v) is 4.60. The van der Waals surface area contributed by atoms with Crippen molar-refractivity contribution < 1.29 is 0 Å². The van der Waals surface area contributed by atoms with Gasteiger partial charge in [0.2, 0.25) is 0 Å². The van der Waals surface area contributed by atoms with Crippen molar-refractivity contribution in [3.8, 4) is 11.3 Å². The molecular weight excluding hydrogens is 248 g/mol. The summed E-state index contributed by atoms with van der Waals surface area (Å²) in [5, 5.41) is 14.0. The minimum atomic E-state index is 0.858. The Morgan fingerprint density at radius 2 is 1.90 bits per heavy atom. The van der Waals surface area contributed by atoms with Crippen LogP contribution in [0.4, 0.5) is 5.69 Å². The fourth-order valence-electron chi connectivity index (χ4n) is 2.13. The molecule has 2 aromatic carbocycles. The molecule has 0 aliphatic heterocycles. The molecule has 1 aromatic heterocycles. The van der Waals surface area contributed by atoms with E-state index in [0.717, 1.165) is 29.9 Å². The quantitative estimate of drug-likeness (QED) is 0.744. The molecule has 0 saturated carbocycles. The van der Waals surface area contributed by atoms with Crippen molar-refractivity contribution in [3.63, 3.8) is 0 Å². The molecule has 0 amide bonds. The lowest BCUT2D eigenvalue weighted by Crippen LogP contribution is -2.04. The van der Waals surface area contributed by atoms with Crippen molar-refractivity contribution in [3.05, 3.63) is 66.4 Å². The highest BCUT2D eigenvalue weighted by molar-refractivity contribution is 5.64. The number of aromatic amines is 1. The molecule has 0 saturated heterocycles. The van der Waals surface area contributed by atoms with Gasteiger partial charge < -0.3 is 5.32 Å². The van der Waals surface area contributed by atoms with Crippen molar-refractivity contribution >= 4 is 5.69 Å². The predicted molar refractivity (Wildman–Crippen MR) is 80.5 cm³/mol. The zero-order chi connectivity index (χ0) is 13.6. The van der Waals surface area contributed by atoms with Gasteiger partial charge in [-0.2, -0.15) is 15.4 Å².